The molecule has 0 fully saturated rings. The highest BCUT2D eigenvalue weighted by atomic mass is 32.2. The summed E-state index contributed by atoms with van der Waals surface area (Å²) in [4.78, 5) is 12.9. The molecule has 0 saturated carbocycles. The second-order valence-electron chi connectivity index (χ2n) is 4.03. The predicted octanol–water partition coefficient (Wildman–Crippen LogP) is 3.16. The number of aryl methyl sites for hydroxylation is 1. The molecule has 0 aliphatic carbocycles. The van der Waals surface area contributed by atoms with Gasteiger partial charge in [0.1, 0.15) is 0 Å². The minimum atomic E-state index is -0.000648. The van der Waals surface area contributed by atoms with Gasteiger partial charge < -0.3 is 5.32 Å². The van der Waals surface area contributed by atoms with Crippen LogP contribution in [0.25, 0.3) is 0 Å². The largest absolute Gasteiger partial charge is 0.348 e. The van der Waals surface area contributed by atoms with Crippen LogP contribution in [0.4, 0.5) is 0 Å². The molecule has 1 amide bonds. The average Bonchev–Trinajstić information content (AvgIpc) is 2.31. The van der Waals surface area contributed by atoms with Crippen molar-refractivity contribution in [2.45, 2.75) is 31.2 Å². The van der Waals surface area contributed by atoms with Gasteiger partial charge in [0.05, 0.1) is 0 Å². The summed E-state index contributed by atoms with van der Waals surface area (Å²) in [7, 11) is 0. The Bertz CT molecular complexity index is 393. The van der Waals surface area contributed by atoms with E-state index < -0.39 is 0 Å². The summed E-state index contributed by atoms with van der Waals surface area (Å²) in [5.74, 6) is 0.946. The molecule has 1 aromatic rings. The Balaban J connectivity index is 2.78. The van der Waals surface area contributed by atoms with Crippen molar-refractivity contribution in [1.82, 2.24) is 5.32 Å². The first-order valence-corrected chi connectivity index (χ1v) is 7.52. The van der Waals surface area contributed by atoms with E-state index in [4.69, 9.17) is 0 Å². The third-order valence-corrected chi connectivity index (χ3v) is 3.68. The van der Waals surface area contributed by atoms with Crippen LogP contribution in [0.2, 0.25) is 0 Å². The zero-order valence-corrected chi connectivity index (χ0v) is 12.2. The van der Waals surface area contributed by atoms with Crippen LogP contribution in [-0.2, 0) is 0 Å². The highest BCUT2D eigenvalue weighted by Gasteiger charge is 2.13. The van der Waals surface area contributed by atoms with Crippen LogP contribution >= 0.6 is 24.4 Å². The third-order valence-electron chi connectivity index (χ3n) is 2.66. The van der Waals surface area contributed by atoms with Crippen LogP contribution < -0.4 is 5.32 Å². The minimum absolute atomic E-state index is 0.000648. The summed E-state index contributed by atoms with van der Waals surface area (Å²) >= 11 is 6.02. The maximum atomic E-state index is 12.1. The van der Waals surface area contributed by atoms with E-state index in [0.717, 1.165) is 28.2 Å². The fourth-order valence-electron chi connectivity index (χ4n) is 1.58. The van der Waals surface area contributed by atoms with Gasteiger partial charge in [-0.15, -0.1) is 12.6 Å². The van der Waals surface area contributed by atoms with Crippen molar-refractivity contribution in [2.24, 2.45) is 0 Å². The second-order valence-corrected chi connectivity index (χ2v) is 5.46. The van der Waals surface area contributed by atoms with Crippen LogP contribution in [0, 0.1) is 6.92 Å². The van der Waals surface area contributed by atoms with Crippen LogP contribution in [0.1, 0.15) is 29.3 Å². The summed E-state index contributed by atoms with van der Waals surface area (Å²) in [6.07, 6.45) is 3.00. The topological polar surface area (TPSA) is 29.1 Å². The fourth-order valence-corrected chi connectivity index (χ4v) is 2.51. The van der Waals surface area contributed by atoms with Crippen LogP contribution in [0.5, 0.6) is 0 Å². The lowest BCUT2D eigenvalue weighted by molar-refractivity contribution is 0.0939. The molecule has 0 heterocycles. The maximum absolute atomic E-state index is 12.1. The van der Waals surface area contributed by atoms with E-state index in [1.54, 1.807) is 11.8 Å². The Morgan fingerprint density at radius 3 is 2.82 bits per heavy atom. The number of hydrogen-bond donors (Lipinski definition) is 2. The van der Waals surface area contributed by atoms with Crippen molar-refractivity contribution < 1.29 is 4.79 Å². The quantitative estimate of drug-likeness (QED) is 0.804. The van der Waals surface area contributed by atoms with Gasteiger partial charge in [-0.05, 0) is 37.3 Å². The number of carbonyl (C=O) groups excluding carboxylic acids is 1. The Kier molecular flexibility index (Phi) is 5.92. The van der Waals surface area contributed by atoms with Gasteiger partial charge in [-0.25, -0.2) is 0 Å². The third kappa shape index (κ3) is 4.28. The average molecular weight is 269 g/mol. The molecule has 0 aliphatic heterocycles. The molecule has 0 spiro atoms. The van der Waals surface area contributed by atoms with E-state index in [1.165, 1.54) is 0 Å². The normalized spacial score (nSPS) is 12.2. The van der Waals surface area contributed by atoms with Crippen molar-refractivity contribution in [1.29, 1.82) is 0 Å². The monoisotopic (exact) mass is 269 g/mol. The molecule has 0 aliphatic rings. The van der Waals surface area contributed by atoms with Crippen molar-refractivity contribution in [2.75, 3.05) is 12.0 Å². The van der Waals surface area contributed by atoms with Gasteiger partial charge in [0.2, 0.25) is 0 Å². The Hall–Kier alpha value is -0.610. The molecule has 0 saturated heterocycles. The first kappa shape index (κ1) is 14.5. The molecular formula is C13H19NOS2. The second kappa shape index (κ2) is 6.97. The number of amides is 1. The van der Waals surface area contributed by atoms with E-state index in [0.29, 0.717) is 0 Å². The zero-order valence-electron chi connectivity index (χ0n) is 10.5. The number of nitrogens with one attached hydrogen (secondary N) is 1. The van der Waals surface area contributed by atoms with Gasteiger partial charge in [-0.2, -0.15) is 11.8 Å². The number of rotatable bonds is 5. The summed E-state index contributed by atoms with van der Waals surface area (Å²) in [5.41, 5.74) is 1.70. The molecule has 2 nitrogen and oxygen atoms in total. The van der Waals surface area contributed by atoms with Crippen molar-refractivity contribution in [3.8, 4) is 0 Å². The minimum Gasteiger partial charge on any atom is -0.348 e. The van der Waals surface area contributed by atoms with E-state index in [2.05, 4.69) is 31.1 Å². The van der Waals surface area contributed by atoms with Gasteiger partial charge in [0.25, 0.3) is 5.91 Å². The maximum Gasteiger partial charge on any atom is 0.251 e. The van der Waals surface area contributed by atoms with Gasteiger partial charge in [0, 0.05) is 22.3 Å². The standard InChI is InChI=1S/C13H19NOS2/c1-4-10(8-17-3)14-13(15)12-7-11(16)6-5-9(12)2/h5-7,10,16H,4,8H2,1-3H3,(H,14,15). The number of carbonyl (C=O) groups is 1. The van der Waals surface area contributed by atoms with Gasteiger partial charge >= 0.3 is 0 Å². The fraction of sp³-hybridized carbons (Fsp3) is 0.462. The molecule has 1 atom stereocenters. The number of hydrogen-bond acceptors (Lipinski definition) is 3. The molecule has 0 bridgehead atoms. The van der Waals surface area contributed by atoms with Crippen LogP contribution in [-0.4, -0.2) is 24.0 Å². The Morgan fingerprint density at radius 2 is 2.24 bits per heavy atom. The van der Waals surface area contributed by atoms with Crippen LogP contribution in [0.3, 0.4) is 0 Å². The smallest absolute Gasteiger partial charge is 0.251 e. The molecule has 1 N–H and O–H groups in total. The van der Waals surface area contributed by atoms with Crippen LogP contribution in [0.15, 0.2) is 23.1 Å². The molecule has 94 valence electrons. The molecule has 17 heavy (non-hydrogen) atoms. The summed E-state index contributed by atoms with van der Waals surface area (Å²) in [6.45, 7) is 4.03. The lowest BCUT2D eigenvalue weighted by atomic mass is 10.1. The molecule has 0 aromatic heterocycles. The number of thioether (sulfide) groups is 1. The van der Waals surface area contributed by atoms with Crippen molar-refractivity contribution in [3.63, 3.8) is 0 Å². The van der Waals surface area contributed by atoms with E-state index in [1.807, 2.05) is 25.1 Å². The Morgan fingerprint density at radius 1 is 1.53 bits per heavy atom. The Labute approximate surface area is 113 Å². The molecule has 1 rings (SSSR count). The molecule has 1 unspecified atom stereocenters. The van der Waals surface area contributed by atoms with Gasteiger partial charge in [0.15, 0.2) is 0 Å². The van der Waals surface area contributed by atoms with E-state index in [-0.39, 0.29) is 11.9 Å². The lowest BCUT2D eigenvalue weighted by Crippen LogP contribution is -2.36. The van der Waals surface area contributed by atoms with Crippen molar-refractivity contribution >= 4 is 30.3 Å². The SMILES string of the molecule is CCC(CSC)NC(=O)c1cc(S)ccc1C. The molecule has 1 aromatic carbocycles. The molecular weight excluding hydrogens is 250 g/mol. The number of benzene rings is 1. The van der Waals surface area contributed by atoms with Gasteiger partial charge in [-0.3, -0.25) is 4.79 Å². The first-order chi connectivity index (χ1) is 8.08. The molecule has 4 heteroatoms. The lowest BCUT2D eigenvalue weighted by Gasteiger charge is -2.16. The summed E-state index contributed by atoms with van der Waals surface area (Å²) in [5, 5.41) is 3.06. The predicted molar refractivity (Wildman–Crippen MR) is 78.4 cm³/mol. The number of thiol groups is 1. The van der Waals surface area contributed by atoms with Gasteiger partial charge in [-0.1, -0.05) is 13.0 Å². The zero-order chi connectivity index (χ0) is 12.8. The van der Waals surface area contributed by atoms with Crippen molar-refractivity contribution in [3.05, 3.63) is 29.3 Å². The van der Waals surface area contributed by atoms with E-state index in [9.17, 15) is 4.79 Å². The summed E-state index contributed by atoms with van der Waals surface area (Å²) < 4.78 is 0. The van der Waals surface area contributed by atoms with E-state index >= 15 is 0 Å². The summed E-state index contributed by atoms with van der Waals surface area (Å²) in [6, 6.07) is 5.88. The first-order valence-electron chi connectivity index (χ1n) is 5.67. The molecule has 0 radical (unpaired) electrons. The highest BCUT2D eigenvalue weighted by Crippen LogP contribution is 2.14. The highest BCUT2D eigenvalue weighted by molar-refractivity contribution is 7.98.